The third-order valence-electron chi connectivity index (χ3n) is 24.3. The van der Waals surface area contributed by atoms with Crippen molar-refractivity contribution in [2.75, 3.05) is 26.4 Å². The minimum atomic E-state index is -5.81. The molecule has 0 aromatic heterocycles. The van der Waals surface area contributed by atoms with Crippen LogP contribution in [-0.2, 0) is 70.7 Å². The van der Waals surface area contributed by atoms with Gasteiger partial charge in [0.25, 0.3) is 0 Å². The number of unbranched alkanes of at least 4 members (excludes halogenated alkanes) is 44. The fraction of sp³-hybridized carbons (Fsp3) is 0.936. The van der Waals surface area contributed by atoms with Crippen LogP contribution < -0.4 is 0 Å². The minimum absolute atomic E-state index is 0.0140. The zero-order valence-corrected chi connectivity index (χ0v) is 76.6. The van der Waals surface area contributed by atoms with Crippen LogP contribution in [0, 0.1) is 11.8 Å². The topological polar surface area (TPSA) is 380 Å². The van der Waals surface area contributed by atoms with Gasteiger partial charge in [0.1, 0.15) is 92.6 Å². The molecular formula is C94H175O25P. The van der Waals surface area contributed by atoms with E-state index in [-0.39, 0.29) is 32.1 Å². The van der Waals surface area contributed by atoms with Gasteiger partial charge in [0.15, 0.2) is 24.8 Å². The Kier molecular flexibility index (Phi) is 66.1. The van der Waals surface area contributed by atoms with Crippen molar-refractivity contribution in [1.82, 2.24) is 0 Å². The number of carbonyl (C=O) groups excluding carboxylic acids is 4. The van der Waals surface area contributed by atoms with Crippen molar-refractivity contribution in [3.63, 3.8) is 0 Å². The molecular weight excluding hydrogens is 1560 g/mol. The zero-order chi connectivity index (χ0) is 87.8. The molecule has 26 heteroatoms. The maximum Gasteiger partial charge on any atom is 0.472 e. The highest BCUT2D eigenvalue weighted by Crippen LogP contribution is 2.49. The van der Waals surface area contributed by atoms with Gasteiger partial charge in [-0.1, -0.05) is 355 Å². The lowest BCUT2D eigenvalue weighted by molar-refractivity contribution is -0.360. The van der Waals surface area contributed by atoms with Crippen molar-refractivity contribution >= 4 is 31.7 Å². The number of hydrogen-bond donors (Lipinski definition) is 10. The Morgan fingerprint density at radius 1 is 0.350 bits per heavy atom. The van der Waals surface area contributed by atoms with Crippen LogP contribution in [0.2, 0.25) is 0 Å². The number of aliphatic hydroxyl groups is 9. The van der Waals surface area contributed by atoms with Crippen LogP contribution in [0.25, 0.3) is 0 Å². The van der Waals surface area contributed by atoms with E-state index in [0.29, 0.717) is 43.9 Å². The Morgan fingerprint density at radius 3 is 1.08 bits per heavy atom. The highest BCUT2D eigenvalue weighted by molar-refractivity contribution is 7.47. The number of hydrogen-bond acceptors (Lipinski definition) is 24. The van der Waals surface area contributed by atoms with Gasteiger partial charge in [0.2, 0.25) is 0 Å². The predicted octanol–water partition coefficient (Wildman–Crippen LogP) is 18.4. The number of phosphoric acid groups is 1. The summed E-state index contributed by atoms with van der Waals surface area (Å²) in [6.07, 6.45) is 27.8. The second-order valence-corrected chi connectivity index (χ2v) is 36.9. The van der Waals surface area contributed by atoms with Gasteiger partial charge >= 0.3 is 31.7 Å². The van der Waals surface area contributed by atoms with Gasteiger partial charge in [-0.05, 0) is 63.2 Å². The first-order valence-corrected chi connectivity index (χ1v) is 50.2. The summed E-state index contributed by atoms with van der Waals surface area (Å²) in [6, 6.07) is 0. The normalized spacial score (nSPS) is 25.3. The molecule has 706 valence electrons. The molecule has 0 aromatic carbocycles. The Bertz CT molecular complexity index is 2570. The number of ether oxygens (including phenoxy) is 8. The average molecular weight is 1740 g/mol. The molecule has 3 aliphatic rings. The van der Waals surface area contributed by atoms with Gasteiger partial charge in [-0.2, -0.15) is 0 Å². The Labute approximate surface area is 724 Å². The van der Waals surface area contributed by atoms with E-state index in [2.05, 4.69) is 53.7 Å². The lowest BCUT2D eigenvalue weighted by Crippen LogP contribution is -2.70. The standard InChI is InChI=1S/C94H175O25P/c1-7-11-15-19-23-25-27-29-30-31-33-34-36-38-48-56-64-77(96)110-69-74(113-79(98)66-58-51-43-41-47-55-63-73(6)61-53-45-22-18-14-10-4)70-112-120(108,109)119-92-90(117-93-87(106)83(102)81(100)75(68-95)114-93)86(105)85(104)89(116-80(99)67-59-50-39-37-35-32-28-26-24-20-16-12-8-2)91(92)118-94-88(107)84(103)82(101)76(115-94)71-111-78(97)65-57-49-42-40-46-54-62-72(5)60-52-44-21-17-13-9-3/h32,35,72-76,81-95,100-107H,7-31,33-34,36-71H2,1-6H3,(H,108,109)/b35-32-. The SMILES string of the molecule is CCCCCCCC/C=C\CCCCCC(=O)OC1C(O)C(O)C(OC2OC(CO)C(O)C(O)C2O)C(OP(=O)(O)OCC(COC(=O)CCCCCCCCCCCCCCCCCC)OC(=O)CCCCCCCCC(C)CCCCCCCC)C1OC1OC(COC(=O)CCCCCCCCC(C)CCCCCCCC)C(O)C(O)C1O. The summed E-state index contributed by atoms with van der Waals surface area (Å²) in [7, 11) is -5.81. The van der Waals surface area contributed by atoms with E-state index in [9.17, 15) is 74.6 Å². The lowest BCUT2D eigenvalue weighted by atomic mass is 9.84. The Balaban J connectivity index is 1.92. The number of carbonyl (C=O) groups is 4. The maximum absolute atomic E-state index is 14.9. The summed E-state index contributed by atoms with van der Waals surface area (Å²) in [5, 5.41) is 102. The van der Waals surface area contributed by atoms with Gasteiger partial charge in [-0.3, -0.25) is 28.2 Å². The first-order chi connectivity index (χ1) is 58.0. The Hall–Kier alpha value is -2.79. The van der Waals surface area contributed by atoms with Crippen molar-refractivity contribution in [2.45, 2.75) is 525 Å². The molecule has 3 rings (SSSR count). The molecule has 0 aromatic rings. The van der Waals surface area contributed by atoms with Gasteiger partial charge in [0, 0.05) is 25.7 Å². The monoisotopic (exact) mass is 1740 g/mol. The van der Waals surface area contributed by atoms with Gasteiger partial charge < -0.3 is 88.7 Å². The molecule has 0 amide bonds. The van der Waals surface area contributed by atoms with Crippen molar-refractivity contribution < 1.29 is 122 Å². The zero-order valence-electron chi connectivity index (χ0n) is 75.7. The van der Waals surface area contributed by atoms with Crippen molar-refractivity contribution in [3.8, 4) is 0 Å². The maximum atomic E-state index is 14.9. The second kappa shape index (κ2) is 71.2. The number of allylic oxidation sites excluding steroid dienone is 2. The van der Waals surface area contributed by atoms with Gasteiger partial charge in [-0.15, -0.1) is 0 Å². The summed E-state index contributed by atoms with van der Waals surface area (Å²) >= 11 is 0. The largest absolute Gasteiger partial charge is 0.472 e. The fourth-order valence-corrected chi connectivity index (χ4v) is 17.4. The van der Waals surface area contributed by atoms with Crippen molar-refractivity contribution in [3.05, 3.63) is 12.2 Å². The number of esters is 4. The van der Waals surface area contributed by atoms with Crippen LogP contribution in [0.3, 0.4) is 0 Å². The molecule has 1 saturated carbocycles. The fourth-order valence-electron chi connectivity index (χ4n) is 16.4. The quantitative estimate of drug-likeness (QED) is 0.00889. The van der Waals surface area contributed by atoms with E-state index < -0.39 is 162 Å². The summed E-state index contributed by atoms with van der Waals surface area (Å²) < 4.78 is 73.6. The molecule has 0 radical (unpaired) electrons. The van der Waals surface area contributed by atoms with Crippen LogP contribution >= 0.6 is 7.82 Å². The molecule has 2 saturated heterocycles. The first-order valence-electron chi connectivity index (χ1n) is 48.7. The van der Waals surface area contributed by atoms with E-state index in [4.69, 9.17) is 46.9 Å². The van der Waals surface area contributed by atoms with E-state index in [0.717, 1.165) is 122 Å². The molecule has 1 aliphatic carbocycles. The second-order valence-electron chi connectivity index (χ2n) is 35.5. The summed E-state index contributed by atoms with van der Waals surface area (Å²) in [6.45, 7) is 10.3. The van der Waals surface area contributed by atoms with Crippen LogP contribution in [-0.4, -0.2) is 205 Å². The number of phosphoric ester groups is 1. The summed E-state index contributed by atoms with van der Waals surface area (Å²) in [5.41, 5.74) is 0. The van der Waals surface area contributed by atoms with Gasteiger partial charge in [0.05, 0.1) is 13.2 Å². The van der Waals surface area contributed by atoms with Crippen LogP contribution in [0.1, 0.15) is 420 Å². The molecule has 0 spiro atoms. The molecule has 3 fully saturated rings. The summed E-state index contributed by atoms with van der Waals surface area (Å²) in [4.78, 5) is 66.6. The van der Waals surface area contributed by atoms with E-state index in [1.54, 1.807) is 0 Å². The number of aliphatic hydroxyl groups excluding tert-OH is 9. The van der Waals surface area contributed by atoms with Crippen LogP contribution in [0.5, 0.6) is 0 Å². The smallest absolute Gasteiger partial charge is 0.463 e. The predicted molar refractivity (Wildman–Crippen MR) is 467 cm³/mol. The van der Waals surface area contributed by atoms with Gasteiger partial charge in [-0.25, -0.2) is 4.57 Å². The molecule has 20 atom stereocenters. The van der Waals surface area contributed by atoms with E-state index >= 15 is 0 Å². The molecule has 2 aliphatic heterocycles. The van der Waals surface area contributed by atoms with Crippen LogP contribution in [0.4, 0.5) is 0 Å². The third-order valence-corrected chi connectivity index (χ3v) is 25.3. The first kappa shape index (κ1) is 111. The molecule has 0 bridgehead atoms. The van der Waals surface area contributed by atoms with E-state index in [1.165, 1.54) is 193 Å². The molecule has 120 heavy (non-hydrogen) atoms. The minimum Gasteiger partial charge on any atom is -0.463 e. The third kappa shape index (κ3) is 51.3. The van der Waals surface area contributed by atoms with Crippen LogP contribution in [0.15, 0.2) is 12.2 Å². The average Bonchev–Trinajstić information content (AvgIpc) is 0.754. The molecule has 25 nitrogen and oxygen atoms in total. The number of rotatable bonds is 78. The lowest BCUT2D eigenvalue weighted by Gasteiger charge is -2.50. The van der Waals surface area contributed by atoms with Crippen molar-refractivity contribution in [2.24, 2.45) is 11.8 Å². The van der Waals surface area contributed by atoms with Crippen molar-refractivity contribution in [1.29, 1.82) is 0 Å². The summed E-state index contributed by atoms with van der Waals surface area (Å²) in [5.74, 6) is -1.62. The highest BCUT2D eigenvalue weighted by Gasteiger charge is 2.60. The van der Waals surface area contributed by atoms with E-state index in [1.807, 2.05) is 0 Å². The molecule has 2 heterocycles. The molecule has 10 N–H and O–H groups in total. The molecule has 20 unspecified atom stereocenters. The Morgan fingerprint density at radius 2 is 0.675 bits per heavy atom. The highest BCUT2D eigenvalue weighted by atomic mass is 31.2.